The van der Waals surface area contributed by atoms with Crippen molar-refractivity contribution in [1.82, 2.24) is 20.0 Å². The third-order valence-corrected chi connectivity index (χ3v) is 5.83. The largest absolute Gasteiger partial charge is 0.445 e. The number of amides is 1. The van der Waals surface area contributed by atoms with Crippen LogP contribution in [0, 0.1) is 13.8 Å². The maximum atomic E-state index is 13.4. The summed E-state index contributed by atoms with van der Waals surface area (Å²) >= 11 is 0. The number of nitrogens with zero attached hydrogens (tertiary/aromatic N) is 4. The van der Waals surface area contributed by atoms with Gasteiger partial charge in [0, 0.05) is 25.2 Å². The minimum Gasteiger partial charge on any atom is -0.445 e. The molecule has 1 aromatic carbocycles. The fraction of sp³-hybridized carbons (Fsp3) is 0.333. The second kappa shape index (κ2) is 7.98. The number of benzene rings is 1. The SMILES string of the molecule is Cc1cc(C(=O)N2CCC[C@H](c3ncc(Cc4ccccc4)o3)C2)c2c(C)noc2n1. The average Bonchev–Trinajstić information content (AvgIpc) is 3.40. The first-order valence-corrected chi connectivity index (χ1v) is 10.6. The minimum absolute atomic E-state index is 0.0254. The number of aromatic nitrogens is 3. The number of carbonyl (C=O) groups excluding carboxylic acids is 1. The molecule has 0 saturated carbocycles. The van der Waals surface area contributed by atoms with E-state index in [1.54, 1.807) is 6.20 Å². The summed E-state index contributed by atoms with van der Waals surface area (Å²) in [5.41, 5.74) is 3.61. The second-order valence-corrected chi connectivity index (χ2v) is 8.18. The van der Waals surface area contributed by atoms with Crippen molar-refractivity contribution in [3.63, 3.8) is 0 Å². The number of piperidine rings is 1. The van der Waals surface area contributed by atoms with E-state index in [1.165, 1.54) is 5.56 Å². The molecule has 158 valence electrons. The zero-order valence-corrected chi connectivity index (χ0v) is 17.7. The van der Waals surface area contributed by atoms with Crippen LogP contribution in [0.3, 0.4) is 0 Å². The minimum atomic E-state index is -0.0254. The van der Waals surface area contributed by atoms with Crippen LogP contribution in [-0.4, -0.2) is 39.0 Å². The van der Waals surface area contributed by atoms with Gasteiger partial charge < -0.3 is 13.8 Å². The third kappa shape index (κ3) is 3.83. The summed E-state index contributed by atoms with van der Waals surface area (Å²) in [7, 11) is 0. The van der Waals surface area contributed by atoms with Gasteiger partial charge in [0.05, 0.1) is 28.8 Å². The van der Waals surface area contributed by atoms with Gasteiger partial charge in [-0.05, 0) is 38.3 Å². The molecule has 1 amide bonds. The van der Waals surface area contributed by atoms with Crippen molar-refractivity contribution < 1.29 is 13.7 Å². The summed E-state index contributed by atoms with van der Waals surface area (Å²) in [6.07, 6.45) is 4.37. The summed E-state index contributed by atoms with van der Waals surface area (Å²) < 4.78 is 11.4. The van der Waals surface area contributed by atoms with Gasteiger partial charge in [0.2, 0.25) is 0 Å². The average molecular weight is 416 g/mol. The quantitative estimate of drug-likeness (QED) is 0.489. The summed E-state index contributed by atoms with van der Waals surface area (Å²) in [4.78, 5) is 24.2. The Morgan fingerprint density at radius 2 is 2.06 bits per heavy atom. The fourth-order valence-corrected chi connectivity index (χ4v) is 4.31. The van der Waals surface area contributed by atoms with Crippen LogP contribution < -0.4 is 0 Å². The van der Waals surface area contributed by atoms with E-state index in [2.05, 4.69) is 27.3 Å². The molecule has 31 heavy (non-hydrogen) atoms. The first kappa shape index (κ1) is 19.5. The highest BCUT2D eigenvalue weighted by molar-refractivity contribution is 6.06. The lowest BCUT2D eigenvalue weighted by Gasteiger charge is -2.31. The van der Waals surface area contributed by atoms with Gasteiger partial charge >= 0.3 is 0 Å². The van der Waals surface area contributed by atoms with Crippen LogP contribution in [-0.2, 0) is 6.42 Å². The molecule has 0 radical (unpaired) electrons. The molecule has 1 aliphatic heterocycles. The number of hydrogen-bond donors (Lipinski definition) is 0. The highest BCUT2D eigenvalue weighted by Gasteiger charge is 2.30. The monoisotopic (exact) mass is 416 g/mol. The lowest BCUT2D eigenvalue weighted by Crippen LogP contribution is -2.39. The Hall–Kier alpha value is -3.48. The van der Waals surface area contributed by atoms with Crippen LogP contribution >= 0.6 is 0 Å². The van der Waals surface area contributed by atoms with Crippen molar-refractivity contribution >= 4 is 17.0 Å². The van der Waals surface area contributed by atoms with Crippen molar-refractivity contribution in [2.75, 3.05) is 13.1 Å². The lowest BCUT2D eigenvalue weighted by molar-refractivity contribution is 0.0699. The van der Waals surface area contributed by atoms with Gasteiger partial charge in [-0.25, -0.2) is 9.97 Å². The molecule has 0 N–H and O–H groups in total. The number of likely N-dealkylation sites (tertiary alicyclic amines) is 1. The predicted molar refractivity (Wildman–Crippen MR) is 115 cm³/mol. The first-order valence-electron chi connectivity index (χ1n) is 10.6. The topological polar surface area (TPSA) is 85.3 Å². The molecular weight excluding hydrogens is 392 g/mol. The Kier molecular flexibility index (Phi) is 5.02. The van der Waals surface area contributed by atoms with E-state index in [0.29, 0.717) is 47.8 Å². The molecule has 0 bridgehead atoms. The van der Waals surface area contributed by atoms with E-state index in [4.69, 9.17) is 8.94 Å². The van der Waals surface area contributed by atoms with E-state index in [-0.39, 0.29) is 11.8 Å². The van der Waals surface area contributed by atoms with Crippen molar-refractivity contribution in [2.45, 2.75) is 39.0 Å². The highest BCUT2D eigenvalue weighted by atomic mass is 16.5. The highest BCUT2D eigenvalue weighted by Crippen LogP contribution is 2.30. The molecule has 0 spiro atoms. The molecule has 7 heteroatoms. The van der Waals surface area contributed by atoms with Crippen LogP contribution in [0.25, 0.3) is 11.1 Å². The number of hydrogen-bond acceptors (Lipinski definition) is 6. The van der Waals surface area contributed by atoms with Crippen molar-refractivity contribution in [3.05, 3.63) is 76.8 Å². The van der Waals surface area contributed by atoms with Gasteiger partial charge in [-0.1, -0.05) is 35.5 Å². The van der Waals surface area contributed by atoms with Gasteiger partial charge in [-0.15, -0.1) is 0 Å². The molecule has 3 aromatic heterocycles. The number of aryl methyl sites for hydroxylation is 2. The van der Waals surface area contributed by atoms with Gasteiger partial charge in [0.1, 0.15) is 5.76 Å². The Labute approximate surface area is 180 Å². The maximum Gasteiger partial charge on any atom is 0.258 e. The molecule has 1 fully saturated rings. The Morgan fingerprint density at radius 1 is 1.23 bits per heavy atom. The molecule has 4 aromatic rings. The smallest absolute Gasteiger partial charge is 0.258 e. The lowest BCUT2D eigenvalue weighted by atomic mass is 9.97. The van der Waals surface area contributed by atoms with Crippen LogP contribution in [0.4, 0.5) is 0 Å². The van der Waals surface area contributed by atoms with Gasteiger partial charge in [-0.3, -0.25) is 4.79 Å². The second-order valence-electron chi connectivity index (χ2n) is 8.18. The van der Waals surface area contributed by atoms with E-state index in [1.807, 2.05) is 43.0 Å². The molecule has 0 unspecified atom stereocenters. The maximum absolute atomic E-state index is 13.4. The number of oxazole rings is 1. The summed E-state index contributed by atoms with van der Waals surface area (Å²) in [6, 6.07) is 12.0. The zero-order chi connectivity index (χ0) is 21.4. The molecular formula is C24H24N4O3. The fourth-order valence-electron chi connectivity index (χ4n) is 4.31. The van der Waals surface area contributed by atoms with Crippen molar-refractivity contribution in [3.8, 4) is 0 Å². The Balaban J connectivity index is 1.35. The Morgan fingerprint density at radius 3 is 2.90 bits per heavy atom. The predicted octanol–water partition coefficient (Wildman–Crippen LogP) is 4.44. The molecule has 5 rings (SSSR count). The van der Waals surface area contributed by atoms with Crippen molar-refractivity contribution in [1.29, 1.82) is 0 Å². The molecule has 1 atom stereocenters. The van der Waals surface area contributed by atoms with Crippen molar-refractivity contribution in [2.24, 2.45) is 0 Å². The van der Waals surface area contributed by atoms with E-state index in [9.17, 15) is 4.79 Å². The molecule has 1 saturated heterocycles. The standard InChI is InChI=1S/C24H24N4O3/c1-15-11-20(21-16(2)27-31-23(21)26-15)24(29)28-10-6-9-18(14-28)22-25-13-19(30-22)12-17-7-4-3-5-8-17/h3-5,7-8,11,13,18H,6,9-10,12,14H2,1-2H3/t18-/m0/s1. The van der Waals surface area contributed by atoms with Crippen LogP contribution in [0.15, 0.2) is 51.5 Å². The molecule has 1 aliphatic rings. The van der Waals surface area contributed by atoms with Crippen LogP contribution in [0.2, 0.25) is 0 Å². The first-order chi connectivity index (χ1) is 15.1. The molecule has 0 aliphatic carbocycles. The van der Waals surface area contributed by atoms with E-state index < -0.39 is 0 Å². The van der Waals surface area contributed by atoms with Crippen LogP contribution in [0.1, 0.15) is 57.7 Å². The summed E-state index contributed by atoms with van der Waals surface area (Å²) in [6.45, 7) is 4.98. The van der Waals surface area contributed by atoms with E-state index in [0.717, 1.165) is 24.3 Å². The number of fused-ring (bicyclic) bond motifs is 1. The van der Waals surface area contributed by atoms with Gasteiger partial charge in [0.15, 0.2) is 5.89 Å². The zero-order valence-electron chi connectivity index (χ0n) is 17.7. The Bertz CT molecular complexity index is 1230. The summed E-state index contributed by atoms with van der Waals surface area (Å²) in [5.74, 6) is 1.61. The molecule has 4 heterocycles. The number of carbonyl (C=O) groups is 1. The molecule has 7 nitrogen and oxygen atoms in total. The van der Waals surface area contributed by atoms with Gasteiger partial charge in [0.25, 0.3) is 11.6 Å². The summed E-state index contributed by atoms with van der Waals surface area (Å²) in [5, 5.41) is 4.68. The van der Waals surface area contributed by atoms with Crippen LogP contribution in [0.5, 0.6) is 0 Å². The third-order valence-electron chi connectivity index (χ3n) is 5.83. The van der Waals surface area contributed by atoms with E-state index >= 15 is 0 Å². The van der Waals surface area contributed by atoms with Gasteiger partial charge in [-0.2, -0.15) is 0 Å². The number of pyridine rings is 1. The number of rotatable bonds is 4. The normalized spacial score (nSPS) is 16.7.